The van der Waals surface area contributed by atoms with Crippen LogP contribution in [0.2, 0.25) is 0 Å². The molecule has 0 spiro atoms. The van der Waals surface area contributed by atoms with Crippen LogP contribution in [0, 0.1) is 5.25 Å². The minimum absolute atomic E-state index is 0.214. The zero-order chi connectivity index (χ0) is 8.36. The maximum absolute atomic E-state index is 10.1. The topological polar surface area (TPSA) is 91.7 Å². The summed E-state index contributed by atoms with van der Waals surface area (Å²) in [4.78, 5) is 10.0. The van der Waals surface area contributed by atoms with Crippen LogP contribution in [0.5, 0.6) is 0 Å². The quantitative estimate of drug-likeness (QED) is 0.572. The van der Waals surface area contributed by atoms with Gasteiger partial charge in [0.05, 0.1) is 0 Å². The van der Waals surface area contributed by atoms with Gasteiger partial charge in [0.1, 0.15) is 0 Å². The molecule has 0 rings (SSSR count). The first kappa shape index (κ1) is 9.38. The van der Waals surface area contributed by atoms with Gasteiger partial charge in [-0.25, -0.2) is 0 Å². The van der Waals surface area contributed by atoms with Gasteiger partial charge >= 0.3 is 5.97 Å². The van der Waals surface area contributed by atoms with Gasteiger partial charge in [-0.05, 0) is 6.42 Å². The Morgan fingerprint density at radius 3 is 1.90 bits per heavy atom. The second-order valence-electron chi connectivity index (χ2n) is 1.56. The largest absolute Gasteiger partial charge is 0.480 e. The molecule has 0 aromatic rings. The van der Waals surface area contributed by atoms with Gasteiger partial charge in [-0.1, -0.05) is 6.92 Å². The Hall–Kier alpha value is -0.620. The minimum atomic E-state index is -4.50. The van der Waals surface area contributed by atoms with Gasteiger partial charge in [0.15, 0.2) is 0 Å². The highest BCUT2D eigenvalue weighted by atomic mass is 32.2. The fourth-order valence-corrected chi connectivity index (χ4v) is 1.03. The predicted octanol–water partition coefficient (Wildman–Crippen LogP) is -0.0992. The molecule has 59 valence electrons. The first-order valence-corrected chi connectivity index (χ1v) is 3.90. The molecule has 5 nitrogen and oxygen atoms in total. The van der Waals surface area contributed by atoms with E-state index in [1.807, 2.05) is 0 Å². The normalized spacial score (nSPS) is 11.9. The first-order valence-electron chi connectivity index (χ1n) is 2.46. The Labute approximate surface area is 58.4 Å². The molecular formula is C4H7O5S. The summed E-state index contributed by atoms with van der Waals surface area (Å²) in [6.07, 6.45) is -0.214. The van der Waals surface area contributed by atoms with Crippen molar-refractivity contribution in [3.8, 4) is 0 Å². The van der Waals surface area contributed by atoms with Gasteiger partial charge in [0.25, 0.3) is 10.1 Å². The van der Waals surface area contributed by atoms with Crippen LogP contribution >= 0.6 is 0 Å². The molecule has 0 aliphatic rings. The molecule has 0 saturated carbocycles. The van der Waals surface area contributed by atoms with Gasteiger partial charge in [-0.15, -0.1) is 0 Å². The highest BCUT2D eigenvalue weighted by Crippen LogP contribution is 2.12. The van der Waals surface area contributed by atoms with Crippen molar-refractivity contribution in [1.82, 2.24) is 0 Å². The van der Waals surface area contributed by atoms with Gasteiger partial charge in [-0.2, -0.15) is 8.42 Å². The van der Waals surface area contributed by atoms with E-state index in [1.54, 1.807) is 0 Å². The van der Waals surface area contributed by atoms with Crippen molar-refractivity contribution in [2.75, 3.05) is 0 Å². The third kappa shape index (κ3) is 2.32. The average molecular weight is 167 g/mol. The van der Waals surface area contributed by atoms with Gasteiger partial charge < -0.3 is 5.11 Å². The van der Waals surface area contributed by atoms with E-state index in [4.69, 9.17) is 9.66 Å². The first-order chi connectivity index (χ1) is 4.39. The number of aliphatic carboxylic acids is 1. The van der Waals surface area contributed by atoms with Crippen LogP contribution < -0.4 is 0 Å². The number of hydrogen-bond donors (Lipinski definition) is 2. The van der Waals surface area contributed by atoms with Crippen molar-refractivity contribution in [2.45, 2.75) is 13.3 Å². The fourth-order valence-electron chi connectivity index (χ4n) is 0.444. The Morgan fingerprint density at radius 2 is 1.90 bits per heavy atom. The number of carbonyl (C=O) groups is 1. The summed E-state index contributed by atoms with van der Waals surface area (Å²) in [5.41, 5.74) is 0. The Kier molecular flexibility index (Phi) is 2.79. The third-order valence-electron chi connectivity index (χ3n) is 0.871. The van der Waals surface area contributed by atoms with E-state index < -0.39 is 21.3 Å². The zero-order valence-electron chi connectivity index (χ0n) is 5.23. The van der Waals surface area contributed by atoms with E-state index in [0.717, 1.165) is 0 Å². The molecule has 1 radical (unpaired) electrons. The van der Waals surface area contributed by atoms with Crippen molar-refractivity contribution in [3.05, 3.63) is 5.25 Å². The van der Waals surface area contributed by atoms with Crippen molar-refractivity contribution in [2.24, 2.45) is 0 Å². The van der Waals surface area contributed by atoms with E-state index in [9.17, 15) is 13.2 Å². The van der Waals surface area contributed by atoms with Crippen LogP contribution in [0.15, 0.2) is 0 Å². The van der Waals surface area contributed by atoms with Crippen LogP contribution in [0.3, 0.4) is 0 Å². The summed E-state index contributed by atoms with van der Waals surface area (Å²) < 4.78 is 28.5. The molecule has 0 saturated heterocycles. The maximum Gasteiger partial charge on any atom is 0.329 e. The zero-order valence-corrected chi connectivity index (χ0v) is 6.05. The lowest BCUT2D eigenvalue weighted by Crippen LogP contribution is -2.19. The Morgan fingerprint density at radius 1 is 1.50 bits per heavy atom. The van der Waals surface area contributed by atoms with Crippen molar-refractivity contribution >= 4 is 16.1 Å². The third-order valence-corrected chi connectivity index (χ3v) is 1.96. The van der Waals surface area contributed by atoms with Crippen LogP contribution in [0.25, 0.3) is 0 Å². The van der Waals surface area contributed by atoms with E-state index in [2.05, 4.69) is 0 Å². The lowest BCUT2D eigenvalue weighted by Gasteiger charge is -2.01. The standard InChI is InChI=1S/C4H7O5S/c1-2-3(4(5)6)10(7,8)9/h2H2,1H3,(H,5,6)(H,7,8,9). The maximum atomic E-state index is 10.1. The molecule has 2 N–H and O–H groups in total. The number of carboxylic acid groups (broad SMARTS) is 1. The molecule has 0 atom stereocenters. The lowest BCUT2D eigenvalue weighted by molar-refractivity contribution is -0.133. The summed E-state index contributed by atoms with van der Waals surface area (Å²) in [6, 6.07) is 0. The fraction of sp³-hybridized carbons (Fsp3) is 0.500. The molecule has 0 aromatic carbocycles. The predicted molar refractivity (Wildman–Crippen MR) is 32.7 cm³/mol. The molecule has 0 fully saturated rings. The molecule has 6 heteroatoms. The minimum Gasteiger partial charge on any atom is -0.480 e. The molecule has 0 aromatic heterocycles. The van der Waals surface area contributed by atoms with Gasteiger partial charge in [0, 0.05) is 0 Å². The number of carboxylic acids is 1. The van der Waals surface area contributed by atoms with Crippen molar-refractivity contribution < 1.29 is 22.9 Å². The Bertz CT molecular complexity index is 216. The summed E-state index contributed by atoms with van der Waals surface area (Å²) in [7, 11) is -4.50. The van der Waals surface area contributed by atoms with Crippen LogP contribution in [-0.2, 0) is 14.9 Å². The molecule has 0 aliphatic carbocycles. The number of rotatable bonds is 3. The summed E-state index contributed by atoms with van der Waals surface area (Å²) >= 11 is 0. The molecule has 10 heavy (non-hydrogen) atoms. The van der Waals surface area contributed by atoms with Crippen LogP contribution in [0.1, 0.15) is 13.3 Å². The molecule has 0 amide bonds. The van der Waals surface area contributed by atoms with E-state index in [0.29, 0.717) is 0 Å². The summed E-state index contributed by atoms with van der Waals surface area (Å²) in [5.74, 6) is -1.61. The average Bonchev–Trinajstić information content (AvgIpc) is 1.60. The summed E-state index contributed by atoms with van der Waals surface area (Å²) in [6.45, 7) is 1.33. The second-order valence-corrected chi connectivity index (χ2v) is 3.00. The van der Waals surface area contributed by atoms with E-state index in [1.165, 1.54) is 6.92 Å². The van der Waals surface area contributed by atoms with Crippen LogP contribution in [0.4, 0.5) is 0 Å². The van der Waals surface area contributed by atoms with Crippen molar-refractivity contribution in [1.29, 1.82) is 0 Å². The van der Waals surface area contributed by atoms with E-state index >= 15 is 0 Å². The summed E-state index contributed by atoms with van der Waals surface area (Å²) in [5, 5.41) is 7.25. The second kappa shape index (κ2) is 2.98. The van der Waals surface area contributed by atoms with E-state index in [-0.39, 0.29) is 6.42 Å². The number of hydrogen-bond acceptors (Lipinski definition) is 3. The SMILES string of the molecule is CC[C](C(=O)O)S(=O)(=O)O. The molecule has 0 bridgehead atoms. The van der Waals surface area contributed by atoms with Gasteiger partial charge in [0.2, 0.25) is 5.25 Å². The molecule has 0 aliphatic heterocycles. The Balaban J connectivity index is 4.55. The van der Waals surface area contributed by atoms with Gasteiger partial charge in [-0.3, -0.25) is 9.35 Å². The molecular weight excluding hydrogens is 160 g/mol. The van der Waals surface area contributed by atoms with Crippen molar-refractivity contribution in [3.63, 3.8) is 0 Å². The molecule has 0 unspecified atom stereocenters. The highest BCUT2D eigenvalue weighted by Gasteiger charge is 2.29. The highest BCUT2D eigenvalue weighted by molar-refractivity contribution is 7.89. The lowest BCUT2D eigenvalue weighted by atomic mass is 10.3. The monoisotopic (exact) mass is 167 g/mol. The smallest absolute Gasteiger partial charge is 0.329 e. The van der Waals surface area contributed by atoms with Crippen LogP contribution in [-0.4, -0.2) is 24.0 Å². The molecule has 0 heterocycles.